The van der Waals surface area contributed by atoms with Crippen molar-refractivity contribution < 1.29 is 14.2 Å². The molecule has 3 aromatic rings. The van der Waals surface area contributed by atoms with Crippen LogP contribution in [0.2, 0.25) is 0 Å². The van der Waals surface area contributed by atoms with Gasteiger partial charge >= 0.3 is 5.69 Å². The third kappa shape index (κ3) is 4.95. The first-order chi connectivity index (χ1) is 15.4. The summed E-state index contributed by atoms with van der Waals surface area (Å²) in [5.41, 5.74) is 2.72. The molecular formula is C25H30FN3O3. The topological polar surface area (TPSA) is 59.6 Å². The van der Waals surface area contributed by atoms with Crippen molar-refractivity contribution in [1.29, 1.82) is 0 Å². The zero-order chi connectivity index (χ0) is 22.7. The third-order valence-electron chi connectivity index (χ3n) is 5.77. The number of benzene rings is 2. The minimum Gasteiger partial charge on any atom is -0.493 e. The Morgan fingerprint density at radius 3 is 2.47 bits per heavy atom. The third-order valence-corrected chi connectivity index (χ3v) is 5.77. The number of halogens is 1. The van der Waals surface area contributed by atoms with Crippen LogP contribution >= 0.6 is 0 Å². The van der Waals surface area contributed by atoms with E-state index in [0.717, 1.165) is 24.2 Å². The fourth-order valence-corrected chi connectivity index (χ4v) is 4.08. The zero-order valence-corrected chi connectivity index (χ0v) is 18.6. The highest BCUT2D eigenvalue weighted by molar-refractivity contribution is 5.65. The molecule has 0 atom stereocenters. The number of rotatable bonds is 7. The van der Waals surface area contributed by atoms with Gasteiger partial charge in [0.15, 0.2) is 0 Å². The summed E-state index contributed by atoms with van der Waals surface area (Å²) in [6.45, 7) is 8.37. The Morgan fingerprint density at radius 2 is 1.78 bits per heavy atom. The molecular weight excluding hydrogens is 409 g/mol. The summed E-state index contributed by atoms with van der Waals surface area (Å²) < 4.78 is 23.5. The number of aromatic nitrogens is 2. The Morgan fingerprint density at radius 1 is 1.06 bits per heavy atom. The van der Waals surface area contributed by atoms with Gasteiger partial charge < -0.3 is 9.84 Å². The molecule has 2 aromatic carbocycles. The Labute approximate surface area is 187 Å². The van der Waals surface area contributed by atoms with Gasteiger partial charge in [-0.15, -0.1) is 0 Å². The van der Waals surface area contributed by atoms with Crippen LogP contribution in [0.15, 0.2) is 53.5 Å². The second-order valence-electron chi connectivity index (χ2n) is 8.77. The van der Waals surface area contributed by atoms with Gasteiger partial charge in [0.1, 0.15) is 5.82 Å². The molecule has 2 heterocycles. The maximum atomic E-state index is 15.2. The summed E-state index contributed by atoms with van der Waals surface area (Å²) in [7, 11) is 0. The molecule has 0 amide bonds. The Bertz CT molecular complexity index is 1110. The molecule has 1 aliphatic heterocycles. The van der Waals surface area contributed by atoms with E-state index >= 15 is 4.39 Å². The lowest BCUT2D eigenvalue weighted by atomic mass is 10.0. The zero-order valence-electron chi connectivity index (χ0n) is 18.6. The average molecular weight is 440 g/mol. The number of hydrogen-bond acceptors (Lipinski definition) is 4. The highest BCUT2D eigenvalue weighted by atomic mass is 19.1. The molecule has 0 saturated carbocycles. The molecule has 1 fully saturated rings. The smallest absolute Gasteiger partial charge is 0.331 e. The predicted molar refractivity (Wildman–Crippen MR) is 122 cm³/mol. The van der Waals surface area contributed by atoms with Gasteiger partial charge in [0.05, 0.1) is 26.0 Å². The molecule has 32 heavy (non-hydrogen) atoms. The first kappa shape index (κ1) is 22.3. The largest absolute Gasteiger partial charge is 0.493 e. The molecule has 170 valence electrons. The Kier molecular flexibility index (Phi) is 6.77. The molecule has 0 unspecified atom stereocenters. The van der Waals surface area contributed by atoms with Crippen molar-refractivity contribution in [2.45, 2.75) is 33.5 Å². The standard InChI is InChI=1S/C25H30FN3O3/c1-18(2)14-29-23(30)17-28(25(29)31)15-19-6-8-20(9-7-19)22-5-3-4-21(24(22)26)16-27-10-12-32-13-11-27/h3-9,17-18,30H,10-16H2,1-2H3. The second-order valence-corrected chi connectivity index (χ2v) is 8.77. The Hall–Kier alpha value is -2.90. The molecule has 1 aromatic heterocycles. The fourth-order valence-electron chi connectivity index (χ4n) is 4.08. The summed E-state index contributed by atoms with van der Waals surface area (Å²) in [4.78, 5) is 14.8. The van der Waals surface area contributed by atoms with Crippen molar-refractivity contribution >= 4 is 0 Å². The van der Waals surface area contributed by atoms with Crippen LogP contribution in [-0.2, 0) is 24.4 Å². The number of aromatic hydroxyl groups is 1. The van der Waals surface area contributed by atoms with E-state index in [2.05, 4.69) is 4.90 Å². The van der Waals surface area contributed by atoms with E-state index < -0.39 is 0 Å². The van der Waals surface area contributed by atoms with E-state index in [9.17, 15) is 9.90 Å². The number of hydrogen-bond donors (Lipinski definition) is 1. The second kappa shape index (κ2) is 9.71. The molecule has 0 bridgehead atoms. The quantitative estimate of drug-likeness (QED) is 0.610. The van der Waals surface area contributed by atoms with Crippen LogP contribution in [0.25, 0.3) is 11.1 Å². The molecule has 6 nitrogen and oxygen atoms in total. The Balaban J connectivity index is 1.51. The number of ether oxygens (including phenoxy) is 1. The van der Waals surface area contributed by atoms with Crippen LogP contribution in [0.5, 0.6) is 5.88 Å². The predicted octanol–water partition coefficient (Wildman–Crippen LogP) is 3.70. The van der Waals surface area contributed by atoms with Crippen LogP contribution in [-0.4, -0.2) is 45.4 Å². The minimum atomic E-state index is -0.234. The van der Waals surface area contributed by atoms with Crippen molar-refractivity contribution in [3.63, 3.8) is 0 Å². The van der Waals surface area contributed by atoms with Gasteiger partial charge in [-0.05, 0) is 17.0 Å². The number of imidazole rings is 1. The van der Waals surface area contributed by atoms with Crippen LogP contribution in [0, 0.1) is 11.7 Å². The molecule has 1 aliphatic rings. The maximum Gasteiger partial charge on any atom is 0.331 e. The monoisotopic (exact) mass is 439 g/mol. The lowest BCUT2D eigenvalue weighted by Crippen LogP contribution is -2.35. The summed E-state index contributed by atoms with van der Waals surface area (Å²) in [5, 5.41) is 10.1. The lowest BCUT2D eigenvalue weighted by Gasteiger charge is -2.27. The lowest BCUT2D eigenvalue weighted by molar-refractivity contribution is 0.0337. The van der Waals surface area contributed by atoms with Gasteiger partial charge in [-0.2, -0.15) is 0 Å². The van der Waals surface area contributed by atoms with E-state index in [1.165, 1.54) is 15.3 Å². The summed E-state index contributed by atoms with van der Waals surface area (Å²) in [6.07, 6.45) is 1.47. The summed E-state index contributed by atoms with van der Waals surface area (Å²) >= 11 is 0. The number of morpholine rings is 1. The molecule has 0 radical (unpaired) electrons. The van der Waals surface area contributed by atoms with E-state index in [-0.39, 0.29) is 23.3 Å². The van der Waals surface area contributed by atoms with E-state index in [4.69, 9.17) is 4.74 Å². The van der Waals surface area contributed by atoms with Crippen LogP contribution in [0.3, 0.4) is 0 Å². The van der Waals surface area contributed by atoms with Gasteiger partial charge in [0.2, 0.25) is 5.88 Å². The summed E-state index contributed by atoms with van der Waals surface area (Å²) in [5.74, 6) is 0.0285. The first-order valence-corrected chi connectivity index (χ1v) is 11.1. The highest BCUT2D eigenvalue weighted by Crippen LogP contribution is 2.26. The van der Waals surface area contributed by atoms with Crippen molar-refractivity contribution in [2.24, 2.45) is 5.92 Å². The molecule has 0 aliphatic carbocycles. The minimum absolute atomic E-state index is 0.0283. The van der Waals surface area contributed by atoms with Gasteiger partial charge in [-0.25, -0.2) is 9.18 Å². The van der Waals surface area contributed by atoms with Crippen molar-refractivity contribution in [2.75, 3.05) is 26.3 Å². The van der Waals surface area contributed by atoms with E-state index in [1.807, 2.05) is 50.2 Å². The normalized spacial score (nSPS) is 14.9. The molecule has 1 saturated heterocycles. The van der Waals surface area contributed by atoms with Crippen molar-refractivity contribution in [1.82, 2.24) is 14.0 Å². The van der Waals surface area contributed by atoms with Crippen LogP contribution in [0.4, 0.5) is 4.39 Å². The summed E-state index contributed by atoms with van der Waals surface area (Å²) in [6, 6.07) is 13.1. The van der Waals surface area contributed by atoms with Gasteiger partial charge in [0.25, 0.3) is 0 Å². The molecule has 7 heteroatoms. The first-order valence-electron chi connectivity index (χ1n) is 11.1. The average Bonchev–Trinajstić information content (AvgIpc) is 3.03. The van der Waals surface area contributed by atoms with Crippen molar-refractivity contribution in [3.8, 4) is 17.0 Å². The van der Waals surface area contributed by atoms with E-state index in [1.54, 1.807) is 6.07 Å². The van der Waals surface area contributed by atoms with E-state index in [0.29, 0.717) is 44.0 Å². The van der Waals surface area contributed by atoms with Gasteiger partial charge in [-0.3, -0.25) is 14.0 Å². The van der Waals surface area contributed by atoms with Gasteiger partial charge in [0, 0.05) is 37.3 Å². The highest BCUT2D eigenvalue weighted by Gasteiger charge is 2.16. The van der Waals surface area contributed by atoms with Crippen LogP contribution in [0.1, 0.15) is 25.0 Å². The molecule has 4 rings (SSSR count). The molecule has 1 N–H and O–H groups in total. The molecule has 0 spiro atoms. The number of nitrogens with zero attached hydrogens (tertiary/aromatic N) is 3. The van der Waals surface area contributed by atoms with Crippen molar-refractivity contribution in [3.05, 3.63) is 76.1 Å². The van der Waals surface area contributed by atoms with Gasteiger partial charge in [-0.1, -0.05) is 56.3 Å². The maximum absolute atomic E-state index is 15.2. The fraction of sp³-hybridized carbons (Fsp3) is 0.400. The SMILES string of the molecule is CC(C)Cn1c(O)cn(Cc2ccc(-c3cccc(CN4CCOCC4)c3F)cc2)c1=O. The van der Waals surface area contributed by atoms with Crippen LogP contribution < -0.4 is 5.69 Å².